The molecular weight excluding hydrogens is 408 g/mol. The Hall–Kier alpha value is -1.60. The van der Waals surface area contributed by atoms with Gasteiger partial charge in [0.1, 0.15) is 0 Å². The van der Waals surface area contributed by atoms with Gasteiger partial charge in [-0.15, -0.1) is 0 Å². The van der Waals surface area contributed by atoms with Gasteiger partial charge >= 0.3 is 0 Å². The summed E-state index contributed by atoms with van der Waals surface area (Å²) < 4.78 is 22.9. The lowest BCUT2D eigenvalue weighted by Gasteiger charge is -2.43. The number of rotatable bonds is 6. The zero-order chi connectivity index (χ0) is 22.4. The van der Waals surface area contributed by atoms with Gasteiger partial charge in [-0.25, -0.2) is 8.42 Å². The molecule has 31 heavy (non-hydrogen) atoms. The smallest absolute Gasteiger partial charge is 0.194 e. The first-order chi connectivity index (χ1) is 14.7. The van der Waals surface area contributed by atoms with Crippen LogP contribution in [0, 0.1) is 11.8 Å². The molecule has 0 spiro atoms. The highest BCUT2D eigenvalue weighted by Crippen LogP contribution is 2.32. The van der Waals surface area contributed by atoms with E-state index in [9.17, 15) is 8.42 Å². The molecule has 0 aromatic heterocycles. The van der Waals surface area contributed by atoms with Crippen molar-refractivity contribution in [3.8, 4) is 0 Å². The Kier molecular flexibility index (Phi) is 8.39. The molecule has 0 atom stereocenters. The monoisotopic (exact) mass is 448 g/mol. The van der Waals surface area contributed by atoms with Gasteiger partial charge in [-0.2, -0.15) is 0 Å². The third kappa shape index (κ3) is 7.21. The molecular formula is C24H40N4O2S. The minimum Gasteiger partial charge on any atom is -0.352 e. The Balaban J connectivity index is 1.44. The first-order valence-electron chi connectivity index (χ1n) is 11.7. The van der Waals surface area contributed by atoms with Crippen molar-refractivity contribution in [3.05, 3.63) is 35.4 Å². The normalized spacial score (nSPS) is 23.9. The van der Waals surface area contributed by atoms with E-state index in [0.717, 1.165) is 61.1 Å². The Bertz CT molecular complexity index is 820. The molecule has 1 saturated carbocycles. The van der Waals surface area contributed by atoms with E-state index in [2.05, 4.69) is 34.0 Å². The summed E-state index contributed by atoms with van der Waals surface area (Å²) in [6, 6.07) is 8.54. The predicted molar refractivity (Wildman–Crippen MR) is 129 cm³/mol. The van der Waals surface area contributed by atoms with Gasteiger partial charge in [0.2, 0.25) is 0 Å². The van der Waals surface area contributed by atoms with Gasteiger partial charge in [-0.1, -0.05) is 38.1 Å². The molecule has 2 aliphatic rings. The van der Waals surface area contributed by atoms with Crippen LogP contribution in [0.2, 0.25) is 0 Å². The molecule has 1 aliphatic carbocycles. The lowest BCUT2D eigenvalue weighted by molar-refractivity contribution is 0.0864. The first-order valence-corrected chi connectivity index (χ1v) is 13.8. The van der Waals surface area contributed by atoms with Gasteiger partial charge in [-0.05, 0) is 48.6 Å². The quantitative estimate of drug-likeness (QED) is 0.535. The van der Waals surface area contributed by atoms with Crippen LogP contribution in [0.15, 0.2) is 29.3 Å². The molecule has 0 amide bonds. The van der Waals surface area contributed by atoms with Crippen molar-refractivity contribution in [1.82, 2.24) is 15.1 Å². The van der Waals surface area contributed by atoms with Crippen LogP contribution in [0.3, 0.4) is 0 Å². The zero-order valence-corrected chi connectivity index (χ0v) is 20.5. The van der Waals surface area contributed by atoms with Crippen LogP contribution in [0.5, 0.6) is 0 Å². The molecule has 1 saturated heterocycles. The molecule has 1 aromatic rings. The van der Waals surface area contributed by atoms with E-state index in [0.29, 0.717) is 6.54 Å². The molecule has 2 fully saturated rings. The highest BCUT2D eigenvalue weighted by molar-refractivity contribution is 7.89. The minimum atomic E-state index is -3.00. The van der Waals surface area contributed by atoms with Crippen molar-refractivity contribution in [3.63, 3.8) is 0 Å². The summed E-state index contributed by atoms with van der Waals surface area (Å²) in [6.07, 6.45) is 6.74. The molecule has 0 bridgehead atoms. The number of nitrogens with zero attached hydrogens (tertiary/aromatic N) is 3. The number of piperazine rings is 1. The molecule has 1 aromatic carbocycles. The van der Waals surface area contributed by atoms with Crippen LogP contribution in [0.4, 0.5) is 0 Å². The summed E-state index contributed by atoms with van der Waals surface area (Å²) in [6.45, 7) is 9.66. The third-order valence-corrected chi connectivity index (χ3v) is 7.79. The average molecular weight is 449 g/mol. The van der Waals surface area contributed by atoms with E-state index in [1.165, 1.54) is 31.9 Å². The predicted octanol–water partition coefficient (Wildman–Crippen LogP) is 3.14. The highest BCUT2D eigenvalue weighted by atomic mass is 32.2. The van der Waals surface area contributed by atoms with E-state index < -0.39 is 9.84 Å². The number of hydrogen-bond acceptors (Lipinski definition) is 4. The SMILES string of the molecule is CN=C(NCc1ccc(CS(C)(=O)=O)cc1)N1CCN(C2CCC(C(C)C)CC2)CC1. The molecule has 1 aliphatic heterocycles. The molecule has 6 nitrogen and oxygen atoms in total. The van der Waals surface area contributed by atoms with Crippen molar-refractivity contribution in [2.45, 2.75) is 57.9 Å². The fourth-order valence-electron chi connectivity index (χ4n) is 5.00. The largest absolute Gasteiger partial charge is 0.352 e. The summed E-state index contributed by atoms with van der Waals surface area (Å²) in [5.41, 5.74) is 1.95. The fraction of sp³-hybridized carbons (Fsp3) is 0.708. The number of guanidine groups is 1. The number of hydrogen-bond donors (Lipinski definition) is 1. The van der Waals surface area contributed by atoms with E-state index in [4.69, 9.17) is 0 Å². The van der Waals surface area contributed by atoms with E-state index in [-0.39, 0.29) is 5.75 Å². The zero-order valence-electron chi connectivity index (χ0n) is 19.7. The van der Waals surface area contributed by atoms with Crippen LogP contribution < -0.4 is 5.32 Å². The van der Waals surface area contributed by atoms with E-state index in [1.54, 1.807) is 0 Å². The maximum Gasteiger partial charge on any atom is 0.194 e. The van der Waals surface area contributed by atoms with Gasteiger partial charge in [0.05, 0.1) is 5.75 Å². The van der Waals surface area contributed by atoms with Gasteiger partial charge in [0.15, 0.2) is 15.8 Å². The summed E-state index contributed by atoms with van der Waals surface area (Å²) >= 11 is 0. The van der Waals surface area contributed by atoms with E-state index in [1.807, 2.05) is 31.3 Å². The van der Waals surface area contributed by atoms with Gasteiger partial charge in [0, 0.05) is 52.1 Å². The van der Waals surface area contributed by atoms with Crippen LogP contribution in [-0.4, -0.2) is 69.7 Å². The molecule has 1 heterocycles. The van der Waals surface area contributed by atoms with Gasteiger partial charge in [0.25, 0.3) is 0 Å². The topological polar surface area (TPSA) is 65.0 Å². The Morgan fingerprint density at radius 2 is 1.61 bits per heavy atom. The second-order valence-electron chi connectivity index (χ2n) is 9.62. The summed E-state index contributed by atoms with van der Waals surface area (Å²) in [4.78, 5) is 9.54. The lowest BCUT2D eigenvalue weighted by Crippen LogP contribution is -2.55. The first kappa shape index (κ1) is 24.1. The fourth-order valence-corrected chi connectivity index (χ4v) is 5.80. The minimum absolute atomic E-state index is 0.0891. The van der Waals surface area contributed by atoms with Crippen molar-refractivity contribution < 1.29 is 8.42 Å². The molecule has 0 unspecified atom stereocenters. The highest BCUT2D eigenvalue weighted by Gasteiger charge is 2.29. The second-order valence-corrected chi connectivity index (χ2v) is 11.8. The van der Waals surface area contributed by atoms with Crippen LogP contribution >= 0.6 is 0 Å². The van der Waals surface area contributed by atoms with Crippen molar-refractivity contribution >= 4 is 15.8 Å². The molecule has 7 heteroatoms. The second kappa shape index (κ2) is 10.8. The third-order valence-electron chi connectivity index (χ3n) is 6.93. The number of benzene rings is 1. The van der Waals surface area contributed by atoms with Gasteiger partial charge in [-0.3, -0.25) is 9.89 Å². The van der Waals surface area contributed by atoms with Gasteiger partial charge < -0.3 is 10.2 Å². The van der Waals surface area contributed by atoms with E-state index >= 15 is 0 Å². The molecule has 0 radical (unpaired) electrons. The van der Waals surface area contributed by atoms with Crippen molar-refractivity contribution in [1.29, 1.82) is 0 Å². The van der Waals surface area contributed by atoms with Crippen LogP contribution in [0.1, 0.15) is 50.7 Å². The number of sulfone groups is 1. The summed E-state index contributed by atoms with van der Waals surface area (Å²) in [5.74, 6) is 2.78. The maximum atomic E-state index is 11.4. The molecule has 174 valence electrons. The summed E-state index contributed by atoms with van der Waals surface area (Å²) in [7, 11) is -1.15. The lowest BCUT2D eigenvalue weighted by atomic mass is 9.79. The van der Waals surface area contributed by atoms with Crippen LogP contribution in [0.25, 0.3) is 0 Å². The maximum absolute atomic E-state index is 11.4. The van der Waals surface area contributed by atoms with Crippen molar-refractivity contribution in [2.75, 3.05) is 39.5 Å². The summed E-state index contributed by atoms with van der Waals surface area (Å²) in [5, 5.41) is 3.47. The standard InChI is InChI=1S/C24H40N4O2S/c1-19(2)22-9-11-23(12-10-22)27-13-15-28(16-14-27)24(25-3)26-17-20-5-7-21(8-6-20)18-31(4,29)30/h5-8,19,22-23H,9-18H2,1-4H3,(H,25,26). The Labute approximate surface area is 189 Å². The molecule has 1 N–H and O–H groups in total. The number of nitrogens with one attached hydrogen (secondary N) is 1. The van der Waals surface area contributed by atoms with Crippen molar-refractivity contribution in [2.24, 2.45) is 16.8 Å². The Morgan fingerprint density at radius 3 is 2.13 bits per heavy atom. The number of aliphatic imine (C=N–C) groups is 1. The Morgan fingerprint density at radius 1 is 1.03 bits per heavy atom. The average Bonchev–Trinajstić information content (AvgIpc) is 2.75. The van der Waals surface area contributed by atoms with Crippen LogP contribution in [-0.2, 0) is 22.1 Å². The molecule has 3 rings (SSSR count).